The van der Waals surface area contributed by atoms with Crippen LogP contribution in [0.25, 0.3) is 0 Å². The van der Waals surface area contributed by atoms with Crippen LogP contribution in [0.1, 0.15) is 79.1 Å². The number of carbonyl (C=O) groups is 2. The van der Waals surface area contributed by atoms with Crippen LogP contribution in [0, 0.1) is 5.92 Å². The molecule has 0 aromatic rings. The molecular formula is C17H31NO3. The zero-order valence-electron chi connectivity index (χ0n) is 14.0. The van der Waals surface area contributed by atoms with Gasteiger partial charge in [0.15, 0.2) is 0 Å². The summed E-state index contributed by atoms with van der Waals surface area (Å²) < 4.78 is 5.25. The number of esters is 1. The van der Waals surface area contributed by atoms with Gasteiger partial charge in [0.1, 0.15) is 11.6 Å². The van der Waals surface area contributed by atoms with Crippen molar-refractivity contribution in [3.05, 3.63) is 0 Å². The van der Waals surface area contributed by atoms with Gasteiger partial charge >= 0.3 is 5.97 Å². The highest BCUT2D eigenvalue weighted by atomic mass is 16.6. The molecule has 122 valence electrons. The fourth-order valence-electron chi connectivity index (χ4n) is 2.79. The first kappa shape index (κ1) is 18.0. The Labute approximate surface area is 129 Å². The number of ether oxygens (including phenoxy) is 1. The van der Waals surface area contributed by atoms with Crippen molar-refractivity contribution in [2.24, 2.45) is 5.92 Å². The Hall–Kier alpha value is -1.06. The van der Waals surface area contributed by atoms with Crippen molar-refractivity contribution in [2.45, 2.75) is 90.7 Å². The van der Waals surface area contributed by atoms with E-state index in [0.717, 1.165) is 18.8 Å². The summed E-state index contributed by atoms with van der Waals surface area (Å²) >= 11 is 0. The molecule has 1 rings (SSSR count). The Balaban J connectivity index is 2.18. The van der Waals surface area contributed by atoms with Crippen molar-refractivity contribution in [3.63, 3.8) is 0 Å². The molecule has 1 atom stereocenters. The fourth-order valence-corrected chi connectivity index (χ4v) is 2.79. The summed E-state index contributed by atoms with van der Waals surface area (Å²) in [6, 6.07) is -0.577. The molecule has 4 heteroatoms. The molecule has 1 N–H and O–H groups in total. The third-order valence-corrected chi connectivity index (χ3v) is 3.88. The van der Waals surface area contributed by atoms with Crippen LogP contribution >= 0.6 is 0 Å². The smallest absolute Gasteiger partial charge is 0.328 e. The minimum Gasteiger partial charge on any atom is -0.458 e. The van der Waals surface area contributed by atoms with Gasteiger partial charge in [-0.15, -0.1) is 0 Å². The van der Waals surface area contributed by atoms with Gasteiger partial charge in [-0.2, -0.15) is 0 Å². The minimum atomic E-state index is -0.577. The van der Waals surface area contributed by atoms with Crippen molar-refractivity contribution >= 4 is 11.9 Å². The van der Waals surface area contributed by atoms with Crippen molar-refractivity contribution < 1.29 is 14.3 Å². The first-order valence-corrected chi connectivity index (χ1v) is 8.30. The Morgan fingerprint density at radius 3 is 2.38 bits per heavy atom. The first-order chi connectivity index (χ1) is 9.78. The number of amides is 1. The molecule has 1 fully saturated rings. The number of hydrogen-bond donors (Lipinski definition) is 1. The Morgan fingerprint density at radius 2 is 1.81 bits per heavy atom. The predicted octanol–water partition coefficient (Wildman–Crippen LogP) is 3.58. The van der Waals surface area contributed by atoms with E-state index in [0.29, 0.717) is 6.42 Å². The Kier molecular flexibility index (Phi) is 7.20. The second-order valence-electron chi connectivity index (χ2n) is 7.22. The van der Waals surface area contributed by atoms with Crippen molar-refractivity contribution in [2.75, 3.05) is 0 Å². The van der Waals surface area contributed by atoms with Gasteiger partial charge in [0.2, 0.25) is 5.91 Å². The lowest BCUT2D eigenvalue weighted by Gasteiger charge is -2.23. The molecule has 1 amide bonds. The quantitative estimate of drug-likeness (QED) is 0.762. The molecule has 0 aromatic carbocycles. The average Bonchev–Trinajstić information content (AvgIpc) is 2.37. The van der Waals surface area contributed by atoms with Crippen LogP contribution in [0.4, 0.5) is 0 Å². The van der Waals surface area contributed by atoms with Crippen molar-refractivity contribution in [1.82, 2.24) is 5.32 Å². The van der Waals surface area contributed by atoms with Gasteiger partial charge < -0.3 is 10.1 Å². The third kappa shape index (κ3) is 8.08. The van der Waals surface area contributed by atoms with Gasteiger partial charge in [-0.05, 0) is 46.5 Å². The summed E-state index contributed by atoms with van der Waals surface area (Å²) in [5.74, 6) is 0.377. The molecule has 0 bridgehead atoms. The van der Waals surface area contributed by atoms with Crippen LogP contribution < -0.4 is 5.32 Å². The standard InChI is InChI=1S/C17H31NO3/c1-13(16(20)21-17(2,3)4)18-15(19)12-8-11-14-9-6-5-7-10-14/h13-14H,5-12H2,1-4H3,(H,18,19)/t13-/m0/s1. The molecule has 0 aromatic heterocycles. The average molecular weight is 297 g/mol. The minimum absolute atomic E-state index is 0.0517. The molecule has 1 saturated carbocycles. The molecule has 4 nitrogen and oxygen atoms in total. The van der Waals surface area contributed by atoms with Gasteiger partial charge in [0.25, 0.3) is 0 Å². The van der Waals surface area contributed by atoms with Crippen LogP contribution in [-0.2, 0) is 14.3 Å². The second kappa shape index (κ2) is 8.40. The maximum Gasteiger partial charge on any atom is 0.328 e. The van der Waals surface area contributed by atoms with Crippen LogP contribution in [0.2, 0.25) is 0 Å². The zero-order chi connectivity index (χ0) is 15.9. The summed E-state index contributed by atoms with van der Waals surface area (Å²) in [5, 5.41) is 2.73. The Bertz CT molecular complexity index is 340. The molecule has 0 saturated heterocycles. The van der Waals surface area contributed by atoms with Crippen molar-refractivity contribution in [1.29, 1.82) is 0 Å². The number of hydrogen-bond acceptors (Lipinski definition) is 3. The van der Waals surface area contributed by atoms with E-state index in [4.69, 9.17) is 4.74 Å². The zero-order valence-corrected chi connectivity index (χ0v) is 14.0. The molecule has 0 unspecified atom stereocenters. The summed E-state index contributed by atoms with van der Waals surface area (Å²) in [4.78, 5) is 23.6. The lowest BCUT2D eigenvalue weighted by molar-refractivity contribution is -0.158. The SMILES string of the molecule is C[C@H](NC(=O)CCCC1CCCCC1)C(=O)OC(C)(C)C. The molecule has 0 heterocycles. The highest BCUT2D eigenvalue weighted by molar-refractivity contribution is 5.84. The van der Waals surface area contributed by atoms with E-state index in [1.54, 1.807) is 6.92 Å². The molecule has 0 spiro atoms. The Morgan fingerprint density at radius 1 is 1.19 bits per heavy atom. The van der Waals surface area contributed by atoms with E-state index >= 15 is 0 Å². The first-order valence-electron chi connectivity index (χ1n) is 8.30. The fraction of sp³-hybridized carbons (Fsp3) is 0.882. The molecular weight excluding hydrogens is 266 g/mol. The third-order valence-electron chi connectivity index (χ3n) is 3.88. The lowest BCUT2D eigenvalue weighted by atomic mass is 9.86. The number of nitrogens with one attached hydrogen (secondary N) is 1. The van der Waals surface area contributed by atoms with E-state index in [1.807, 2.05) is 20.8 Å². The van der Waals surface area contributed by atoms with Crippen LogP contribution in [-0.4, -0.2) is 23.5 Å². The maximum atomic E-state index is 11.8. The largest absolute Gasteiger partial charge is 0.458 e. The topological polar surface area (TPSA) is 55.4 Å². The number of carbonyl (C=O) groups excluding carboxylic acids is 2. The summed E-state index contributed by atoms with van der Waals surface area (Å²) in [6.45, 7) is 7.14. The summed E-state index contributed by atoms with van der Waals surface area (Å²) in [7, 11) is 0. The molecule has 0 radical (unpaired) electrons. The van der Waals surface area contributed by atoms with Gasteiger partial charge in [0, 0.05) is 6.42 Å². The summed E-state index contributed by atoms with van der Waals surface area (Å²) in [6.07, 6.45) is 9.23. The van der Waals surface area contributed by atoms with Gasteiger partial charge in [-0.25, -0.2) is 4.79 Å². The lowest BCUT2D eigenvalue weighted by Crippen LogP contribution is -2.42. The van der Waals surface area contributed by atoms with Gasteiger partial charge in [-0.3, -0.25) is 4.79 Å². The monoisotopic (exact) mass is 297 g/mol. The molecule has 1 aliphatic carbocycles. The van der Waals surface area contributed by atoms with Gasteiger partial charge in [0.05, 0.1) is 0 Å². The van der Waals surface area contributed by atoms with E-state index in [1.165, 1.54) is 32.1 Å². The molecule has 1 aliphatic rings. The van der Waals surface area contributed by atoms with Crippen LogP contribution in [0.5, 0.6) is 0 Å². The number of rotatable bonds is 6. The summed E-state index contributed by atoms with van der Waals surface area (Å²) in [5.41, 5.74) is -0.517. The van der Waals surface area contributed by atoms with E-state index in [2.05, 4.69) is 5.32 Å². The highest BCUT2D eigenvalue weighted by Crippen LogP contribution is 2.27. The van der Waals surface area contributed by atoms with E-state index in [9.17, 15) is 9.59 Å². The predicted molar refractivity (Wildman–Crippen MR) is 83.9 cm³/mol. The van der Waals surface area contributed by atoms with Crippen LogP contribution in [0.15, 0.2) is 0 Å². The van der Waals surface area contributed by atoms with E-state index < -0.39 is 11.6 Å². The van der Waals surface area contributed by atoms with Crippen molar-refractivity contribution in [3.8, 4) is 0 Å². The maximum absolute atomic E-state index is 11.8. The normalized spacial score (nSPS) is 18.1. The van der Waals surface area contributed by atoms with Crippen LogP contribution in [0.3, 0.4) is 0 Å². The second-order valence-corrected chi connectivity index (χ2v) is 7.22. The van der Waals surface area contributed by atoms with E-state index in [-0.39, 0.29) is 11.9 Å². The van der Waals surface area contributed by atoms with Gasteiger partial charge in [-0.1, -0.05) is 32.1 Å². The molecule has 21 heavy (non-hydrogen) atoms. The molecule has 0 aliphatic heterocycles. The highest BCUT2D eigenvalue weighted by Gasteiger charge is 2.23.